The van der Waals surface area contributed by atoms with E-state index in [1.165, 1.54) is 6.26 Å². The smallest absolute Gasteiger partial charge is 0.236 e. The molecule has 0 saturated carbocycles. The van der Waals surface area contributed by atoms with E-state index in [9.17, 15) is 13.2 Å². The minimum Gasteiger partial charge on any atom is -0.355 e. The van der Waals surface area contributed by atoms with Crippen LogP contribution in [0.4, 0.5) is 0 Å². The Morgan fingerprint density at radius 1 is 1.47 bits per heavy atom. The summed E-state index contributed by atoms with van der Waals surface area (Å²) in [5, 5.41) is 2.61. The number of sulfone groups is 1. The summed E-state index contributed by atoms with van der Waals surface area (Å²) in [7, 11) is -2.94. The second kappa shape index (κ2) is 6.79. The first-order valence-corrected chi connectivity index (χ1v) is 7.14. The Balaban J connectivity index is 3.64. The lowest BCUT2D eigenvalue weighted by Crippen LogP contribution is -2.41. The number of amides is 1. The molecule has 6 heteroatoms. The van der Waals surface area contributed by atoms with Crippen molar-refractivity contribution in [1.29, 1.82) is 0 Å². The van der Waals surface area contributed by atoms with Crippen LogP contribution in [0.15, 0.2) is 0 Å². The molecule has 5 nitrogen and oxygen atoms in total. The molecule has 0 saturated heterocycles. The molecule has 0 fully saturated rings. The first-order chi connectivity index (χ1) is 6.87. The van der Waals surface area contributed by atoms with E-state index in [1.54, 1.807) is 0 Å². The van der Waals surface area contributed by atoms with Gasteiger partial charge in [0.2, 0.25) is 5.91 Å². The highest BCUT2D eigenvalue weighted by Gasteiger charge is 2.11. The summed E-state index contributed by atoms with van der Waals surface area (Å²) >= 11 is 0. The van der Waals surface area contributed by atoms with Crippen molar-refractivity contribution in [2.24, 2.45) is 5.73 Å². The summed E-state index contributed by atoms with van der Waals surface area (Å²) in [6.45, 7) is 2.32. The molecule has 0 unspecified atom stereocenters. The fourth-order valence-corrected chi connectivity index (χ4v) is 1.79. The normalized spacial score (nSPS) is 13.5. The van der Waals surface area contributed by atoms with Crippen LogP contribution in [0, 0.1) is 0 Å². The molecule has 0 radical (unpaired) electrons. The Morgan fingerprint density at radius 2 is 2.07 bits per heavy atom. The summed E-state index contributed by atoms with van der Waals surface area (Å²) in [4.78, 5) is 11.3. The zero-order chi connectivity index (χ0) is 11.9. The molecule has 0 spiro atoms. The van der Waals surface area contributed by atoms with E-state index in [-0.39, 0.29) is 11.7 Å². The summed E-state index contributed by atoms with van der Waals surface area (Å²) in [6, 6.07) is -0.478. The fourth-order valence-electron chi connectivity index (χ4n) is 1.12. The van der Waals surface area contributed by atoms with Gasteiger partial charge in [0.1, 0.15) is 9.84 Å². The van der Waals surface area contributed by atoms with Gasteiger partial charge < -0.3 is 11.1 Å². The van der Waals surface area contributed by atoms with Gasteiger partial charge in [-0.2, -0.15) is 0 Å². The number of carbonyl (C=O) groups is 1. The Kier molecular flexibility index (Phi) is 6.51. The Labute approximate surface area is 91.3 Å². The van der Waals surface area contributed by atoms with E-state index in [0.29, 0.717) is 19.4 Å². The molecular formula is C9H20N2O3S. The number of nitrogens with two attached hydrogens (primary N) is 1. The van der Waals surface area contributed by atoms with Gasteiger partial charge in [-0.25, -0.2) is 8.42 Å². The third-order valence-corrected chi connectivity index (χ3v) is 2.96. The van der Waals surface area contributed by atoms with E-state index in [2.05, 4.69) is 5.32 Å². The largest absolute Gasteiger partial charge is 0.355 e. The van der Waals surface area contributed by atoms with Gasteiger partial charge in [-0.05, 0) is 12.8 Å². The average molecular weight is 236 g/mol. The minimum atomic E-state index is -2.94. The van der Waals surface area contributed by atoms with Crippen LogP contribution in [0.25, 0.3) is 0 Å². The molecular weight excluding hydrogens is 216 g/mol. The standard InChI is InChI=1S/C9H20N2O3S/c1-3-5-8(10)9(12)11-6-4-7-15(2,13)14/h8H,3-7,10H2,1-2H3,(H,11,12)/t8-/m0/s1. The molecule has 0 aliphatic heterocycles. The molecule has 0 bridgehead atoms. The van der Waals surface area contributed by atoms with Crippen LogP contribution in [0.5, 0.6) is 0 Å². The summed E-state index contributed by atoms with van der Waals surface area (Å²) in [5.74, 6) is -0.110. The number of nitrogens with one attached hydrogen (secondary N) is 1. The summed E-state index contributed by atoms with van der Waals surface area (Å²) in [5.41, 5.74) is 5.57. The molecule has 0 aliphatic carbocycles. The van der Waals surface area contributed by atoms with Crippen LogP contribution in [0.1, 0.15) is 26.2 Å². The van der Waals surface area contributed by atoms with E-state index in [0.717, 1.165) is 6.42 Å². The molecule has 0 rings (SSSR count). The predicted octanol–water partition coefficient (Wildman–Crippen LogP) is -0.335. The van der Waals surface area contributed by atoms with Crippen LogP contribution < -0.4 is 11.1 Å². The van der Waals surface area contributed by atoms with Crippen molar-refractivity contribution >= 4 is 15.7 Å². The number of hydrogen-bond acceptors (Lipinski definition) is 4. The van der Waals surface area contributed by atoms with Gasteiger partial charge in [0.25, 0.3) is 0 Å². The van der Waals surface area contributed by atoms with Crippen molar-refractivity contribution in [3.05, 3.63) is 0 Å². The quantitative estimate of drug-likeness (QED) is 0.592. The number of carbonyl (C=O) groups excluding carboxylic acids is 1. The van der Waals surface area contributed by atoms with Crippen molar-refractivity contribution in [2.75, 3.05) is 18.6 Å². The minimum absolute atomic E-state index is 0.0935. The second-order valence-corrected chi connectivity index (χ2v) is 5.93. The Bertz CT molecular complexity index is 288. The van der Waals surface area contributed by atoms with Crippen LogP contribution in [0.3, 0.4) is 0 Å². The van der Waals surface area contributed by atoms with Crippen LogP contribution in [-0.4, -0.2) is 38.9 Å². The van der Waals surface area contributed by atoms with Crippen LogP contribution >= 0.6 is 0 Å². The first-order valence-electron chi connectivity index (χ1n) is 5.08. The lowest BCUT2D eigenvalue weighted by atomic mass is 10.2. The zero-order valence-electron chi connectivity index (χ0n) is 9.32. The van der Waals surface area contributed by atoms with Crippen molar-refractivity contribution in [2.45, 2.75) is 32.2 Å². The van der Waals surface area contributed by atoms with Crippen LogP contribution in [-0.2, 0) is 14.6 Å². The number of hydrogen-bond donors (Lipinski definition) is 2. The molecule has 0 aliphatic rings. The third kappa shape index (κ3) is 8.38. The highest BCUT2D eigenvalue weighted by Crippen LogP contribution is 1.93. The van der Waals surface area contributed by atoms with Gasteiger partial charge >= 0.3 is 0 Å². The maximum absolute atomic E-state index is 11.3. The summed E-state index contributed by atoms with van der Waals surface area (Å²) in [6.07, 6.45) is 3.12. The van der Waals surface area contributed by atoms with Crippen molar-refractivity contribution in [1.82, 2.24) is 5.32 Å². The SMILES string of the molecule is CCC[C@H](N)C(=O)NCCCS(C)(=O)=O. The topological polar surface area (TPSA) is 89.3 Å². The van der Waals surface area contributed by atoms with Crippen LogP contribution in [0.2, 0.25) is 0 Å². The lowest BCUT2D eigenvalue weighted by Gasteiger charge is -2.10. The monoisotopic (exact) mass is 236 g/mol. The Hall–Kier alpha value is -0.620. The molecule has 0 heterocycles. The lowest BCUT2D eigenvalue weighted by molar-refractivity contribution is -0.122. The van der Waals surface area contributed by atoms with Gasteiger partial charge in [0.05, 0.1) is 11.8 Å². The van der Waals surface area contributed by atoms with Gasteiger partial charge in [0, 0.05) is 12.8 Å². The predicted molar refractivity (Wildman–Crippen MR) is 60.2 cm³/mol. The van der Waals surface area contributed by atoms with E-state index in [1.807, 2.05) is 6.92 Å². The van der Waals surface area contributed by atoms with Gasteiger partial charge in [0.15, 0.2) is 0 Å². The van der Waals surface area contributed by atoms with Gasteiger partial charge in [-0.1, -0.05) is 13.3 Å². The fraction of sp³-hybridized carbons (Fsp3) is 0.889. The molecule has 15 heavy (non-hydrogen) atoms. The highest BCUT2D eigenvalue weighted by molar-refractivity contribution is 7.90. The second-order valence-electron chi connectivity index (χ2n) is 3.67. The number of rotatable bonds is 7. The molecule has 1 amide bonds. The molecule has 0 aromatic carbocycles. The van der Waals surface area contributed by atoms with E-state index in [4.69, 9.17) is 5.73 Å². The maximum Gasteiger partial charge on any atom is 0.236 e. The highest BCUT2D eigenvalue weighted by atomic mass is 32.2. The van der Waals surface area contributed by atoms with Crippen molar-refractivity contribution in [3.8, 4) is 0 Å². The average Bonchev–Trinajstić information content (AvgIpc) is 2.11. The van der Waals surface area contributed by atoms with Crippen molar-refractivity contribution < 1.29 is 13.2 Å². The van der Waals surface area contributed by atoms with Gasteiger partial charge in [-0.15, -0.1) is 0 Å². The molecule has 0 aromatic rings. The first kappa shape index (κ1) is 14.4. The van der Waals surface area contributed by atoms with Gasteiger partial charge in [-0.3, -0.25) is 4.79 Å². The molecule has 0 aromatic heterocycles. The molecule has 3 N–H and O–H groups in total. The van der Waals surface area contributed by atoms with E-state index >= 15 is 0 Å². The van der Waals surface area contributed by atoms with Crippen molar-refractivity contribution in [3.63, 3.8) is 0 Å². The summed E-state index contributed by atoms with van der Waals surface area (Å²) < 4.78 is 21.5. The van der Waals surface area contributed by atoms with E-state index < -0.39 is 15.9 Å². The molecule has 1 atom stereocenters. The maximum atomic E-state index is 11.3. The third-order valence-electron chi connectivity index (χ3n) is 1.93. The Morgan fingerprint density at radius 3 is 2.53 bits per heavy atom. The molecule has 90 valence electrons. The zero-order valence-corrected chi connectivity index (χ0v) is 10.1.